The highest BCUT2D eigenvalue weighted by molar-refractivity contribution is 5.83. The molecule has 0 spiro atoms. The smallest absolute Gasteiger partial charge is 0.112 e. The van der Waals surface area contributed by atoms with Crippen molar-refractivity contribution in [3.8, 4) is 11.1 Å². The van der Waals surface area contributed by atoms with Crippen molar-refractivity contribution in [2.75, 3.05) is 5.73 Å². The molecule has 0 aliphatic heterocycles. The number of fused-ring (bicyclic) bond motifs is 1. The second kappa shape index (κ2) is 4.67. The van der Waals surface area contributed by atoms with Crippen LogP contribution in [-0.4, -0.2) is 9.55 Å². The van der Waals surface area contributed by atoms with Gasteiger partial charge in [0.1, 0.15) is 5.82 Å². The van der Waals surface area contributed by atoms with Crippen molar-refractivity contribution in [1.82, 2.24) is 9.55 Å². The minimum atomic E-state index is 0.420. The Bertz CT molecular complexity index is 769. The van der Waals surface area contributed by atoms with Crippen molar-refractivity contribution < 1.29 is 0 Å². The van der Waals surface area contributed by atoms with Gasteiger partial charge in [-0.25, -0.2) is 4.98 Å². The lowest BCUT2D eigenvalue weighted by Gasteiger charge is -2.06. The minimum absolute atomic E-state index is 0.420. The molecule has 3 heteroatoms. The van der Waals surface area contributed by atoms with Gasteiger partial charge in [-0.15, -0.1) is 0 Å². The number of benzene rings is 2. The Morgan fingerprint density at radius 1 is 1.05 bits per heavy atom. The minimum Gasteiger partial charge on any atom is -0.399 e. The van der Waals surface area contributed by atoms with Crippen molar-refractivity contribution in [1.29, 1.82) is 0 Å². The van der Waals surface area contributed by atoms with Crippen LogP contribution in [0.3, 0.4) is 0 Å². The lowest BCUT2D eigenvalue weighted by Crippen LogP contribution is -1.99. The lowest BCUT2D eigenvalue weighted by molar-refractivity contribution is 0.722. The Balaban J connectivity index is 2.18. The number of hydrogen-bond donors (Lipinski definition) is 1. The summed E-state index contributed by atoms with van der Waals surface area (Å²) in [5.74, 6) is 1.54. The maximum atomic E-state index is 5.86. The van der Waals surface area contributed by atoms with E-state index >= 15 is 0 Å². The van der Waals surface area contributed by atoms with Crippen molar-refractivity contribution in [2.24, 2.45) is 7.05 Å². The standard InChI is InChI=1S/C17H19N3/c1-11(2)17-19-15-8-7-13(10-16(15)20(17)3)12-5-4-6-14(18)9-12/h4-11H,18H2,1-3H3. The van der Waals surface area contributed by atoms with Crippen molar-refractivity contribution in [3.05, 3.63) is 48.3 Å². The zero-order chi connectivity index (χ0) is 14.3. The van der Waals surface area contributed by atoms with E-state index in [1.54, 1.807) is 0 Å². The predicted octanol–water partition coefficient (Wildman–Crippen LogP) is 3.95. The lowest BCUT2D eigenvalue weighted by atomic mass is 10.0. The summed E-state index contributed by atoms with van der Waals surface area (Å²) in [6.07, 6.45) is 0. The van der Waals surface area contributed by atoms with Crippen LogP contribution >= 0.6 is 0 Å². The predicted molar refractivity (Wildman–Crippen MR) is 84.7 cm³/mol. The second-order valence-electron chi connectivity index (χ2n) is 5.51. The van der Waals surface area contributed by atoms with Crippen LogP contribution < -0.4 is 5.73 Å². The van der Waals surface area contributed by atoms with E-state index in [1.165, 1.54) is 5.56 Å². The summed E-state index contributed by atoms with van der Waals surface area (Å²) < 4.78 is 2.18. The summed E-state index contributed by atoms with van der Waals surface area (Å²) >= 11 is 0. The molecule has 0 amide bonds. The van der Waals surface area contributed by atoms with Crippen LogP contribution in [0.15, 0.2) is 42.5 Å². The molecule has 2 N–H and O–H groups in total. The summed E-state index contributed by atoms with van der Waals surface area (Å²) in [6, 6.07) is 14.3. The van der Waals surface area contributed by atoms with E-state index < -0.39 is 0 Å². The Kier molecular flexibility index (Phi) is 2.97. The van der Waals surface area contributed by atoms with Gasteiger partial charge in [0.2, 0.25) is 0 Å². The van der Waals surface area contributed by atoms with Gasteiger partial charge in [0.05, 0.1) is 11.0 Å². The number of nitrogens with two attached hydrogens (primary N) is 1. The van der Waals surface area contributed by atoms with Crippen LogP contribution in [-0.2, 0) is 7.05 Å². The molecule has 3 rings (SSSR count). The van der Waals surface area contributed by atoms with E-state index in [0.717, 1.165) is 28.1 Å². The molecule has 0 bridgehead atoms. The second-order valence-corrected chi connectivity index (χ2v) is 5.51. The van der Waals surface area contributed by atoms with Gasteiger partial charge in [0.15, 0.2) is 0 Å². The maximum absolute atomic E-state index is 5.86. The van der Waals surface area contributed by atoms with Gasteiger partial charge >= 0.3 is 0 Å². The molecule has 20 heavy (non-hydrogen) atoms. The fourth-order valence-corrected chi connectivity index (χ4v) is 2.62. The molecule has 1 aromatic heterocycles. The average molecular weight is 265 g/mol. The van der Waals surface area contributed by atoms with Crippen LogP contribution in [0.5, 0.6) is 0 Å². The molecule has 102 valence electrons. The Morgan fingerprint density at radius 2 is 1.80 bits per heavy atom. The third-order valence-corrected chi connectivity index (χ3v) is 3.65. The van der Waals surface area contributed by atoms with E-state index in [2.05, 4.69) is 49.7 Å². The maximum Gasteiger partial charge on any atom is 0.112 e. The highest BCUT2D eigenvalue weighted by Gasteiger charge is 2.11. The third-order valence-electron chi connectivity index (χ3n) is 3.65. The van der Waals surface area contributed by atoms with E-state index in [4.69, 9.17) is 10.7 Å². The van der Waals surface area contributed by atoms with Crippen LogP contribution in [0, 0.1) is 0 Å². The van der Waals surface area contributed by atoms with Gasteiger partial charge in [-0.1, -0.05) is 32.0 Å². The fraction of sp³-hybridized carbons (Fsp3) is 0.235. The summed E-state index contributed by atoms with van der Waals surface area (Å²) in [5, 5.41) is 0. The van der Waals surface area contributed by atoms with E-state index in [0.29, 0.717) is 5.92 Å². The zero-order valence-electron chi connectivity index (χ0n) is 12.1. The van der Waals surface area contributed by atoms with E-state index in [-0.39, 0.29) is 0 Å². The van der Waals surface area contributed by atoms with Gasteiger partial charge in [-0.3, -0.25) is 0 Å². The molecule has 2 aromatic carbocycles. The summed E-state index contributed by atoms with van der Waals surface area (Å²) in [6.45, 7) is 4.33. The highest BCUT2D eigenvalue weighted by Crippen LogP contribution is 2.27. The number of imidazole rings is 1. The SMILES string of the molecule is CC(C)c1nc2ccc(-c3cccc(N)c3)cc2n1C. The first-order valence-corrected chi connectivity index (χ1v) is 6.88. The monoisotopic (exact) mass is 265 g/mol. The third kappa shape index (κ3) is 2.05. The first-order chi connectivity index (χ1) is 9.56. The summed E-state index contributed by atoms with van der Waals surface area (Å²) in [5.41, 5.74) is 11.2. The van der Waals surface area contributed by atoms with Crippen molar-refractivity contribution >= 4 is 16.7 Å². The largest absolute Gasteiger partial charge is 0.399 e. The average Bonchev–Trinajstić information content (AvgIpc) is 2.76. The normalized spacial score (nSPS) is 11.4. The first-order valence-electron chi connectivity index (χ1n) is 6.88. The van der Waals surface area contributed by atoms with Gasteiger partial charge in [-0.05, 0) is 35.4 Å². The molecule has 3 aromatic rings. The molecule has 0 saturated carbocycles. The molecule has 0 unspecified atom stereocenters. The van der Waals surface area contributed by atoms with Crippen molar-refractivity contribution in [3.63, 3.8) is 0 Å². The Morgan fingerprint density at radius 3 is 2.50 bits per heavy atom. The molecule has 1 heterocycles. The summed E-state index contributed by atoms with van der Waals surface area (Å²) in [4.78, 5) is 4.70. The van der Waals surface area contributed by atoms with Gasteiger partial charge in [0, 0.05) is 18.7 Å². The quantitative estimate of drug-likeness (QED) is 0.713. The number of aromatic nitrogens is 2. The van der Waals surface area contributed by atoms with Crippen LogP contribution in [0.25, 0.3) is 22.2 Å². The number of rotatable bonds is 2. The van der Waals surface area contributed by atoms with Crippen LogP contribution in [0.2, 0.25) is 0 Å². The number of anilines is 1. The molecule has 0 aliphatic carbocycles. The van der Waals surface area contributed by atoms with Crippen molar-refractivity contribution in [2.45, 2.75) is 19.8 Å². The Labute approximate surface area is 119 Å². The molecule has 0 radical (unpaired) electrons. The molecule has 0 saturated heterocycles. The molecular weight excluding hydrogens is 246 g/mol. The molecule has 3 nitrogen and oxygen atoms in total. The van der Waals surface area contributed by atoms with E-state index in [9.17, 15) is 0 Å². The molecule has 0 aliphatic rings. The summed E-state index contributed by atoms with van der Waals surface area (Å²) in [7, 11) is 2.08. The zero-order valence-corrected chi connectivity index (χ0v) is 12.1. The van der Waals surface area contributed by atoms with Gasteiger partial charge in [-0.2, -0.15) is 0 Å². The number of hydrogen-bond acceptors (Lipinski definition) is 2. The molecule has 0 atom stereocenters. The number of nitrogen functional groups attached to an aromatic ring is 1. The van der Waals surface area contributed by atoms with E-state index in [1.807, 2.05) is 18.2 Å². The molecule has 0 fully saturated rings. The fourth-order valence-electron chi connectivity index (χ4n) is 2.62. The topological polar surface area (TPSA) is 43.8 Å². The first kappa shape index (κ1) is 12.7. The number of nitrogens with zero attached hydrogens (tertiary/aromatic N) is 2. The van der Waals surface area contributed by atoms with Crippen LogP contribution in [0.1, 0.15) is 25.6 Å². The Hall–Kier alpha value is -2.29. The van der Waals surface area contributed by atoms with Gasteiger partial charge < -0.3 is 10.3 Å². The number of aryl methyl sites for hydroxylation is 1. The van der Waals surface area contributed by atoms with Crippen LogP contribution in [0.4, 0.5) is 5.69 Å². The highest BCUT2D eigenvalue weighted by atomic mass is 15.1. The van der Waals surface area contributed by atoms with Gasteiger partial charge in [0.25, 0.3) is 0 Å². The molecular formula is C17H19N3.